The van der Waals surface area contributed by atoms with Crippen molar-refractivity contribution < 1.29 is 19.4 Å². The quantitative estimate of drug-likeness (QED) is 0.890. The van der Waals surface area contributed by atoms with Gasteiger partial charge >= 0.3 is 0 Å². The molecule has 0 radical (unpaired) electrons. The molecule has 0 spiro atoms. The fourth-order valence-electron chi connectivity index (χ4n) is 3.89. The van der Waals surface area contributed by atoms with E-state index in [1.807, 2.05) is 29.2 Å². The maximum Gasteiger partial charge on any atom is 0.225 e. The van der Waals surface area contributed by atoms with Crippen LogP contribution in [0.4, 0.5) is 0 Å². The van der Waals surface area contributed by atoms with Crippen LogP contribution in [0.2, 0.25) is 0 Å². The van der Waals surface area contributed by atoms with Crippen LogP contribution in [0.3, 0.4) is 0 Å². The minimum atomic E-state index is -0.214. The molecule has 1 aliphatic heterocycles. The van der Waals surface area contributed by atoms with Crippen LogP contribution in [0.5, 0.6) is 11.5 Å². The first kappa shape index (κ1) is 18.1. The highest BCUT2D eigenvalue weighted by Gasteiger charge is 2.31. The molecule has 1 saturated heterocycles. The largest absolute Gasteiger partial charge is 0.497 e. The van der Waals surface area contributed by atoms with Gasteiger partial charge < -0.3 is 19.5 Å². The number of hydrogen-bond donors (Lipinski definition) is 1. The number of benzene rings is 1. The standard InChI is InChI=1S/C20H29NO4/c1-24-18-5-2-6-19(12-18)25-14-15-4-3-11-21(13-15)20(23)16-7-9-17(22)10-8-16/h2,5-6,12,15-17,22H,3-4,7-11,13-14H2,1H3/t15-,16?,17?/m0/s1. The van der Waals surface area contributed by atoms with Crippen LogP contribution in [-0.2, 0) is 4.79 Å². The molecular weight excluding hydrogens is 318 g/mol. The lowest BCUT2D eigenvalue weighted by Gasteiger charge is -2.36. The number of aliphatic hydroxyl groups excluding tert-OH is 1. The molecule has 3 rings (SSSR count). The Balaban J connectivity index is 1.49. The van der Waals surface area contributed by atoms with Crippen molar-refractivity contribution in [3.05, 3.63) is 24.3 Å². The molecular formula is C20H29NO4. The molecule has 1 aromatic rings. The second-order valence-corrected chi connectivity index (χ2v) is 7.29. The number of hydrogen-bond acceptors (Lipinski definition) is 4. The van der Waals surface area contributed by atoms with Crippen LogP contribution in [0.15, 0.2) is 24.3 Å². The number of nitrogens with zero attached hydrogens (tertiary/aromatic N) is 1. The van der Waals surface area contributed by atoms with Gasteiger partial charge in [0.1, 0.15) is 11.5 Å². The van der Waals surface area contributed by atoms with Gasteiger partial charge in [-0.25, -0.2) is 0 Å². The molecule has 1 N–H and O–H groups in total. The molecule has 25 heavy (non-hydrogen) atoms. The third kappa shape index (κ3) is 4.88. The topological polar surface area (TPSA) is 59.0 Å². The second-order valence-electron chi connectivity index (χ2n) is 7.29. The fourth-order valence-corrected chi connectivity index (χ4v) is 3.89. The van der Waals surface area contributed by atoms with Gasteiger partial charge in [-0.2, -0.15) is 0 Å². The van der Waals surface area contributed by atoms with E-state index in [0.29, 0.717) is 12.5 Å². The molecule has 1 heterocycles. The van der Waals surface area contributed by atoms with E-state index >= 15 is 0 Å². The van der Waals surface area contributed by atoms with Crippen molar-refractivity contribution in [2.45, 2.75) is 44.6 Å². The normalized spacial score (nSPS) is 27.0. The summed E-state index contributed by atoms with van der Waals surface area (Å²) in [5.74, 6) is 2.35. The number of likely N-dealkylation sites (tertiary alicyclic amines) is 1. The van der Waals surface area contributed by atoms with Gasteiger partial charge in [-0.05, 0) is 50.7 Å². The zero-order valence-corrected chi connectivity index (χ0v) is 15.0. The minimum absolute atomic E-state index is 0.0986. The summed E-state index contributed by atoms with van der Waals surface area (Å²) in [6, 6.07) is 7.64. The Labute approximate surface area is 149 Å². The summed E-state index contributed by atoms with van der Waals surface area (Å²) in [4.78, 5) is 14.8. The fraction of sp³-hybridized carbons (Fsp3) is 0.650. The minimum Gasteiger partial charge on any atom is -0.497 e. The predicted molar refractivity (Wildman–Crippen MR) is 95.8 cm³/mol. The van der Waals surface area contributed by atoms with Gasteiger partial charge in [-0.3, -0.25) is 4.79 Å². The summed E-state index contributed by atoms with van der Waals surface area (Å²) in [6.45, 7) is 2.26. The van der Waals surface area contributed by atoms with Crippen molar-refractivity contribution >= 4 is 5.91 Å². The Kier molecular flexibility index (Phi) is 6.19. The molecule has 1 atom stereocenters. The average molecular weight is 347 g/mol. The number of carbonyl (C=O) groups excluding carboxylic acids is 1. The summed E-state index contributed by atoms with van der Waals surface area (Å²) < 4.78 is 11.1. The van der Waals surface area contributed by atoms with Crippen molar-refractivity contribution in [3.63, 3.8) is 0 Å². The second kappa shape index (κ2) is 8.56. The lowest BCUT2D eigenvalue weighted by atomic mass is 9.85. The smallest absolute Gasteiger partial charge is 0.225 e. The first-order chi connectivity index (χ1) is 12.2. The first-order valence-electron chi connectivity index (χ1n) is 9.39. The van der Waals surface area contributed by atoms with Crippen LogP contribution in [0.25, 0.3) is 0 Å². The molecule has 5 nitrogen and oxygen atoms in total. The van der Waals surface area contributed by atoms with Crippen molar-refractivity contribution in [3.8, 4) is 11.5 Å². The number of carbonyl (C=O) groups is 1. The van der Waals surface area contributed by atoms with Crippen LogP contribution in [0.1, 0.15) is 38.5 Å². The Bertz CT molecular complexity index is 569. The molecule has 1 amide bonds. The van der Waals surface area contributed by atoms with E-state index in [1.165, 1.54) is 0 Å². The number of methoxy groups -OCH3 is 1. The Morgan fingerprint density at radius 2 is 1.96 bits per heavy atom. The molecule has 2 aliphatic rings. The summed E-state index contributed by atoms with van der Waals surface area (Å²) in [5, 5.41) is 9.63. The van der Waals surface area contributed by atoms with E-state index in [1.54, 1.807) is 7.11 Å². The number of piperidine rings is 1. The molecule has 2 fully saturated rings. The maximum atomic E-state index is 12.8. The van der Waals surface area contributed by atoms with Crippen LogP contribution in [0, 0.1) is 11.8 Å². The van der Waals surface area contributed by atoms with E-state index in [4.69, 9.17) is 9.47 Å². The molecule has 5 heteroatoms. The van der Waals surface area contributed by atoms with Gasteiger partial charge in [0, 0.05) is 31.0 Å². The number of rotatable bonds is 5. The number of amides is 1. The van der Waals surface area contributed by atoms with E-state index in [0.717, 1.165) is 63.1 Å². The predicted octanol–water partition coefficient (Wildman–Crippen LogP) is 2.86. The molecule has 138 valence electrons. The van der Waals surface area contributed by atoms with Crippen LogP contribution < -0.4 is 9.47 Å². The lowest BCUT2D eigenvalue weighted by molar-refractivity contribution is -0.139. The zero-order chi connectivity index (χ0) is 17.6. The van der Waals surface area contributed by atoms with Crippen LogP contribution >= 0.6 is 0 Å². The van der Waals surface area contributed by atoms with Gasteiger partial charge in [0.15, 0.2) is 0 Å². The highest BCUT2D eigenvalue weighted by Crippen LogP contribution is 2.28. The van der Waals surface area contributed by atoms with E-state index in [2.05, 4.69) is 0 Å². The SMILES string of the molecule is COc1cccc(OC[C@H]2CCCN(C(=O)C3CCC(O)CC3)C2)c1. The van der Waals surface area contributed by atoms with E-state index in [9.17, 15) is 9.90 Å². The lowest BCUT2D eigenvalue weighted by Crippen LogP contribution is -2.45. The van der Waals surface area contributed by atoms with E-state index in [-0.39, 0.29) is 17.9 Å². The molecule has 1 saturated carbocycles. The van der Waals surface area contributed by atoms with Crippen LogP contribution in [-0.4, -0.2) is 48.8 Å². The maximum absolute atomic E-state index is 12.8. The van der Waals surface area contributed by atoms with Gasteiger partial charge in [0.2, 0.25) is 5.91 Å². The van der Waals surface area contributed by atoms with Gasteiger partial charge in [-0.15, -0.1) is 0 Å². The summed E-state index contributed by atoms with van der Waals surface area (Å²) in [6.07, 6.45) is 5.07. The van der Waals surface area contributed by atoms with Gasteiger partial charge in [0.05, 0.1) is 19.8 Å². The van der Waals surface area contributed by atoms with Crippen molar-refractivity contribution in [2.75, 3.05) is 26.8 Å². The van der Waals surface area contributed by atoms with Gasteiger partial charge in [-0.1, -0.05) is 6.07 Å². The summed E-state index contributed by atoms with van der Waals surface area (Å²) >= 11 is 0. The third-order valence-corrected chi connectivity index (χ3v) is 5.40. The third-order valence-electron chi connectivity index (χ3n) is 5.40. The first-order valence-corrected chi connectivity index (χ1v) is 9.39. The van der Waals surface area contributed by atoms with Crippen molar-refractivity contribution in [1.29, 1.82) is 0 Å². The highest BCUT2D eigenvalue weighted by molar-refractivity contribution is 5.79. The summed E-state index contributed by atoms with van der Waals surface area (Å²) in [7, 11) is 1.65. The molecule has 0 bridgehead atoms. The molecule has 1 aromatic carbocycles. The molecule has 1 aliphatic carbocycles. The Morgan fingerprint density at radius 1 is 1.20 bits per heavy atom. The average Bonchev–Trinajstić information content (AvgIpc) is 2.67. The molecule has 0 unspecified atom stereocenters. The highest BCUT2D eigenvalue weighted by atomic mass is 16.5. The Morgan fingerprint density at radius 3 is 2.72 bits per heavy atom. The number of ether oxygens (including phenoxy) is 2. The zero-order valence-electron chi connectivity index (χ0n) is 15.0. The monoisotopic (exact) mass is 347 g/mol. The van der Waals surface area contributed by atoms with Crippen molar-refractivity contribution in [1.82, 2.24) is 4.90 Å². The van der Waals surface area contributed by atoms with Gasteiger partial charge in [0.25, 0.3) is 0 Å². The Hall–Kier alpha value is -1.75. The molecule has 0 aromatic heterocycles. The van der Waals surface area contributed by atoms with E-state index < -0.39 is 0 Å². The summed E-state index contributed by atoms with van der Waals surface area (Å²) in [5.41, 5.74) is 0. The number of aliphatic hydroxyl groups is 1. The van der Waals surface area contributed by atoms with Crippen molar-refractivity contribution in [2.24, 2.45) is 11.8 Å².